The summed E-state index contributed by atoms with van der Waals surface area (Å²) in [7, 11) is -3.64. The van der Waals surface area contributed by atoms with Crippen molar-refractivity contribution in [3.8, 4) is 0 Å². The fourth-order valence-corrected chi connectivity index (χ4v) is 3.65. The lowest BCUT2D eigenvalue weighted by Gasteiger charge is -2.08. The molecule has 0 bridgehead atoms. The third-order valence-corrected chi connectivity index (χ3v) is 5.71. The van der Waals surface area contributed by atoms with Crippen molar-refractivity contribution < 1.29 is 13.2 Å². The van der Waals surface area contributed by atoms with E-state index in [4.69, 9.17) is 11.6 Å². The summed E-state index contributed by atoms with van der Waals surface area (Å²) in [5, 5.41) is 3.32. The molecule has 148 valence electrons. The summed E-state index contributed by atoms with van der Waals surface area (Å²) < 4.78 is 27.4. The van der Waals surface area contributed by atoms with Crippen molar-refractivity contribution in [2.24, 2.45) is 0 Å². The number of anilines is 1. The number of carbonyl (C=O) groups is 1. The minimum Gasteiger partial charge on any atom is -0.323 e. The van der Waals surface area contributed by atoms with Gasteiger partial charge < -0.3 is 5.32 Å². The van der Waals surface area contributed by atoms with Crippen molar-refractivity contribution in [1.29, 1.82) is 0 Å². The van der Waals surface area contributed by atoms with Gasteiger partial charge in [-0.3, -0.25) is 4.79 Å². The molecule has 1 amide bonds. The van der Waals surface area contributed by atoms with Gasteiger partial charge in [-0.1, -0.05) is 54.1 Å². The van der Waals surface area contributed by atoms with E-state index in [1.54, 1.807) is 42.5 Å². The number of hydrogen-bond donors (Lipinski definition) is 2. The molecule has 3 aromatic carbocycles. The number of halogens is 1. The molecule has 0 atom stereocenters. The standard InChI is InChI=1S/C22H19ClN2O3S/c23-19-9-6-17(7-10-19)8-15-22(26)25-20-11-13-21(14-12-20)29(27,28)24-16-18-4-2-1-3-5-18/h1-15,24H,16H2,(H,25,26)/b15-8+. The lowest BCUT2D eigenvalue weighted by atomic mass is 10.2. The molecule has 7 heteroatoms. The van der Waals surface area contributed by atoms with Gasteiger partial charge in [0.05, 0.1) is 4.90 Å². The van der Waals surface area contributed by atoms with Gasteiger partial charge in [0.25, 0.3) is 0 Å². The Labute approximate surface area is 175 Å². The van der Waals surface area contributed by atoms with Crippen LogP contribution in [0.25, 0.3) is 6.08 Å². The van der Waals surface area contributed by atoms with E-state index in [1.807, 2.05) is 30.3 Å². The van der Waals surface area contributed by atoms with Gasteiger partial charge in [-0.25, -0.2) is 13.1 Å². The molecule has 0 radical (unpaired) electrons. The molecule has 29 heavy (non-hydrogen) atoms. The Bertz CT molecular complexity index is 1100. The van der Waals surface area contributed by atoms with Crippen LogP contribution in [-0.4, -0.2) is 14.3 Å². The van der Waals surface area contributed by atoms with Gasteiger partial charge in [0, 0.05) is 23.3 Å². The fraction of sp³-hybridized carbons (Fsp3) is 0.0455. The van der Waals surface area contributed by atoms with E-state index in [0.29, 0.717) is 10.7 Å². The van der Waals surface area contributed by atoms with Crippen LogP contribution in [0.15, 0.2) is 89.8 Å². The van der Waals surface area contributed by atoms with Gasteiger partial charge in [-0.15, -0.1) is 0 Å². The maximum Gasteiger partial charge on any atom is 0.248 e. The molecule has 0 aliphatic rings. The third kappa shape index (κ3) is 6.29. The Kier molecular flexibility index (Phi) is 6.82. The molecule has 0 fully saturated rings. The first-order valence-electron chi connectivity index (χ1n) is 8.81. The summed E-state index contributed by atoms with van der Waals surface area (Å²) in [4.78, 5) is 12.2. The predicted octanol–water partition coefficient (Wildman–Crippen LogP) is 4.47. The monoisotopic (exact) mass is 426 g/mol. The number of carbonyl (C=O) groups excluding carboxylic acids is 1. The average molecular weight is 427 g/mol. The molecule has 0 saturated carbocycles. The smallest absolute Gasteiger partial charge is 0.248 e. The second kappa shape index (κ2) is 9.52. The lowest BCUT2D eigenvalue weighted by Crippen LogP contribution is -2.23. The van der Waals surface area contributed by atoms with Crippen LogP contribution in [-0.2, 0) is 21.4 Å². The first-order chi connectivity index (χ1) is 13.9. The van der Waals surface area contributed by atoms with Gasteiger partial charge in [0.1, 0.15) is 0 Å². The largest absolute Gasteiger partial charge is 0.323 e. The molecule has 2 N–H and O–H groups in total. The molecular formula is C22H19ClN2O3S. The van der Waals surface area contributed by atoms with E-state index in [1.165, 1.54) is 18.2 Å². The molecular weight excluding hydrogens is 408 g/mol. The minimum absolute atomic E-state index is 0.128. The highest BCUT2D eigenvalue weighted by Crippen LogP contribution is 2.15. The second-order valence-corrected chi connectivity index (χ2v) is 8.41. The van der Waals surface area contributed by atoms with Gasteiger partial charge in [0.15, 0.2) is 0 Å². The van der Waals surface area contributed by atoms with E-state index in [0.717, 1.165) is 11.1 Å². The van der Waals surface area contributed by atoms with E-state index in [2.05, 4.69) is 10.0 Å². The minimum atomic E-state index is -3.64. The Balaban J connectivity index is 1.58. The number of sulfonamides is 1. The summed E-state index contributed by atoms with van der Waals surface area (Å²) in [5.41, 5.74) is 2.21. The Morgan fingerprint density at radius 1 is 0.897 bits per heavy atom. The van der Waals surface area contributed by atoms with Crippen LogP contribution >= 0.6 is 11.6 Å². The molecule has 0 heterocycles. The van der Waals surface area contributed by atoms with E-state index in [-0.39, 0.29) is 17.3 Å². The van der Waals surface area contributed by atoms with Crippen LogP contribution < -0.4 is 10.0 Å². The van der Waals surface area contributed by atoms with Crippen molar-refractivity contribution in [2.45, 2.75) is 11.4 Å². The fourth-order valence-electron chi connectivity index (χ4n) is 2.50. The van der Waals surface area contributed by atoms with Crippen LogP contribution in [0.1, 0.15) is 11.1 Å². The maximum atomic E-state index is 12.4. The van der Waals surface area contributed by atoms with Crippen LogP contribution in [0.2, 0.25) is 5.02 Å². The summed E-state index contributed by atoms with van der Waals surface area (Å²) in [6, 6.07) is 22.3. The van der Waals surface area contributed by atoms with Crippen LogP contribution in [0, 0.1) is 0 Å². The number of nitrogens with one attached hydrogen (secondary N) is 2. The predicted molar refractivity (Wildman–Crippen MR) is 116 cm³/mol. The average Bonchev–Trinajstić information content (AvgIpc) is 2.73. The number of benzene rings is 3. The molecule has 0 spiro atoms. The zero-order valence-corrected chi connectivity index (χ0v) is 17.0. The highest BCUT2D eigenvalue weighted by molar-refractivity contribution is 7.89. The van der Waals surface area contributed by atoms with E-state index < -0.39 is 10.0 Å². The summed E-state index contributed by atoms with van der Waals surface area (Å²) >= 11 is 5.83. The maximum absolute atomic E-state index is 12.4. The van der Waals surface area contributed by atoms with E-state index in [9.17, 15) is 13.2 Å². The zero-order valence-electron chi connectivity index (χ0n) is 15.4. The lowest BCUT2D eigenvalue weighted by molar-refractivity contribution is -0.111. The van der Waals surface area contributed by atoms with Crippen molar-refractivity contribution in [1.82, 2.24) is 4.72 Å². The summed E-state index contributed by atoms with van der Waals surface area (Å²) in [5.74, 6) is -0.322. The number of hydrogen-bond acceptors (Lipinski definition) is 3. The van der Waals surface area contributed by atoms with Crippen LogP contribution in [0.5, 0.6) is 0 Å². The Morgan fingerprint density at radius 3 is 2.21 bits per heavy atom. The third-order valence-electron chi connectivity index (χ3n) is 4.04. The Morgan fingerprint density at radius 2 is 1.55 bits per heavy atom. The molecule has 0 saturated heterocycles. The van der Waals surface area contributed by atoms with Gasteiger partial charge >= 0.3 is 0 Å². The first-order valence-corrected chi connectivity index (χ1v) is 10.7. The summed E-state index contributed by atoms with van der Waals surface area (Å²) in [6.07, 6.45) is 3.06. The van der Waals surface area contributed by atoms with Crippen LogP contribution in [0.4, 0.5) is 5.69 Å². The van der Waals surface area contributed by atoms with E-state index >= 15 is 0 Å². The second-order valence-electron chi connectivity index (χ2n) is 6.21. The normalized spacial score (nSPS) is 11.5. The number of amides is 1. The van der Waals surface area contributed by atoms with Crippen molar-refractivity contribution >= 4 is 39.3 Å². The topological polar surface area (TPSA) is 75.3 Å². The molecule has 5 nitrogen and oxygen atoms in total. The van der Waals surface area contributed by atoms with Gasteiger partial charge in [0.2, 0.25) is 15.9 Å². The number of rotatable bonds is 7. The van der Waals surface area contributed by atoms with Crippen molar-refractivity contribution in [2.75, 3.05) is 5.32 Å². The quantitative estimate of drug-likeness (QED) is 0.547. The van der Waals surface area contributed by atoms with Crippen LogP contribution in [0.3, 0.4) is 0 Å². The SMILES string of the molecule is O=C(/C=C/c1ccc(Cl)cc1)Nc1ccc(S(=O)(=O)NCc2ccccc2)cc1. The first kappa shape index (κ1) is 20.8. The Hall–Kier alpha value is -2.93. The highest BCUT2D eigenvalue weighted by Gasteiger charge is 2.13. The summed E-state index contributed by atoms with van der Waals surface area (Å²) in [6.45, 7) is 0.206. The molecule has 0 aromatic heterocycles. The zero-order chi connectivity index (χ0) is 20.7. The van der Waals surface area contributed by atoms with Crippen molar-refractivity contribution in [3.63, 3.8) is 0 Å². The molecule has 3 rings (SSSR count). The molecule has 3 aromatic rings. The van der Waals surface area contributed by atoms with Gasteiger partial charge in [-0.2, -0.15) is 0 Å². The highest BCUT2D eigenvalue weighted by atomic mass is 35.5. The molecule has 0 aliphatic carbocycles. The van der Waals surface area contributed by atoms with Crippen molar-refractivity contribution in [3.05, 3.63) is 101 Å². The van der Waals surface area contributed by atoms with Gasteiger partial charge in [-0.05, 0) is 53.6 Å². The molecule has 0 unspecified atom stereocenters. The molecule has 0 aliphatic heterocycles.